The fourth-order valence-corrected chi connectivity index (χ4v) is 5.85. The van der Waals surface area contributed by atoms with Gasteiger partial charge in [-0.2, -0.15) is 15.1 Å². The topological polar surface area (TPSA) is 185 Å². The quantitative estimate of drug-likeness (QED) is 0.177. The molecule has 0 aliphatic carbocycles. The lowest BCUT2D eigenvalue weighted by molar-refractivity contribution is -0.149. The highest BCUT2D eigenvalue weighted by Gasteiger charge is 2.55. The lowest BCUT2D eigenvalue weighted by Crippen LogP contribution is -2.40. The highest BCUT2D eigenvalue weighted by atomic mass is 31.2. The number of para-hydroxylation sites is 1. The van der Waals surface area contributed by atoms with Crippen molar-refractivity contribution in [2.24, 2.45) is 0 Å². The third-order valence-corrected chi connectivity index (χ3v) is 8.01. The summed E-state index contributed by atoms with van der Waals surface area (Å²) in [7, 11) is -2.52. The molecule has 4 rings (SSSR count). The van der Waals surface area contributed by atoms with E-state index in [2.05, 4.69) is 25.4 Å². The van der Waals surface area contributed by atoms with E-state index in [-0.39, 0.29) is 36.5 Å². The molecule has 2 aromatic heterocycles. The zero-order valence-corrected chi connectivity index (χ0v) is 24.2. The fraction of sp³-hybridized carbons (Fsp3) is 0.520. The van der Waals surface area contributed by atoms with Gasteiger partial charge in [-0.25, -0.2) is 13.9 Å². The molecule has 1 saturated heterocycles. The third kappa shape index (κ3) is 6.76. The Kier molecular flexibility index (Phi) is 9.14. The minimum atomic E-state index is -4.15. The fourth-order valence-electron chi connectivity index (χ4n) is 4.35. The highest BCUT2D eigenvalue weighted by Crippen LogP contribution is 2.47. The number of benzene rings is 1. The van der Waals surface area contributed by atoms with E-state index in [9.17, 15) is 14.5 Å². The van der Waals surface area contributed by atoms with Crippen LogP contribution in [0.25, 0.3) is 11.2 Å². The first-order chi connectivity index (χ1) is 19.3. The van der Waals surface area contributed by atoms with Crippen LogP contribution in [-0.4, -0.2) is 74.3 Å². The zero-order chi connectivity index (χ0) is 29.9. The molecule has 0 bridgehead atoms. The van der Waals surface area contributed by atoms with Crippen LogP contribution in [0.15, 0.2) is 36.7 Å². The lowest BCUT2D eigenvalue weighted by Gasteiger charge is -2.25. The van der Waals surface area contributed by atoms with E-state index in [0.29, 0.717) is 11.3 Å². The number of nitrogens with zero attached hydrogens (tertiary/aromatic N) is 4. The molecule has 0 amide bonds. The van der Waals surface area contributed by atoms with Crippen LogP contribution >= 0.6 is 7.75 Å². The number of carbonyl (C=O) groups is 1. The average Bonchev–Trinajstić information content (AvgIpc) is 3.41. The van der Waals surface area contributed by atoms with Crippen molar-refractivity contribution in [3.05, 3.63) is 36.7 Å². The summed E-state index contributed by atoms with van der Waals surface area (Å²) in [6.45, 7) is 5.76. The number of nitrogens with one attached hydrogen (secondary N) is 2. The van der Waals surface area contributed by atoms with E-state index in [1.807, 2.05) is 0 Å². The first-order valence-corrected chi connectivity index (χ1v) is 14.6. The molecular formula is C25H35FN7O7P. The Bertz CT molecular complexity index is 1410. The van der Waals surface area contributed by atoms with Crippen molar-refractivity contribution >= 4 is 36.6 Å². The van der Waals surface area contributed by atoms with Gasteiger partial charge in [0.05, 0.1) is 25.1 Å². The maximum absolute atomic E-state index is 15.9. The van der Waals surface area contributed by atoms with Gasteiger partial charge in [0.1, 0.15) is 17.9 Å². The maximum Gasteiger partial charge on any atom is 0.459 e. The molecule has 41 heavy (non-hydrogen) atoms. The van der Waals surface area contributed by atoms with Gasteiger partial charge in [-0.3, -0.25) is 13.9 Å². The number of fused-ring (bicyclic) bond motifs is 1. The SMILES string of the molecule is CNc1nc(N)nc2c1ncn2[C@@H]1O[C@H](CCO[P@@](=O)(N[C@H](C)C(=O)OC(C)C)Oc2ccccc2)[C@@H](O)[C@@]1(C)F. The molecule has 6 atom stereocenters. The molecule has 3 heterocycles. The standard InChI is InChI=1S/C25H35FN7O7P/c1-14(2)38-22(35)15(3)32-41(36,40-16-9-7-6-8-10-16)37-12-11-17-19(34)25(4,26)23(39-17)33-13-29-18-20(28-5)30-24(27)31-21(18)33/h6-10,13-15,17,19,23,34H,11-12H2,1-5H3,(H,32,36)(H3,27,28,30,31)/t15-,17-,19-,23-,25-,41+/m1/s1. The molecule has 1 fully saturated rings. The van der Waals surface area contributed by atoms with Crippen LogP contribution in [0.3, 0.4) is 0 Å². The Labute approximate surface area is 236 Å². The van der Waals surface area contributed by atoms with Crippen LogP contribution in [0.1, 0.15) is 40.3 Å². The zero-order valence-electron chi connectivity index (χ0n) is 23.4. The van der Waals surface area contributed by atoms with Gasteiger partial charge in [-0.05, 0) is 39.8 Å². The Morgan fingerprint density at radius 3 is 2.66 bits per heavy atom. The van der Waals surface area contributed by atoms with Gasteiger partial charge in [0, 0.05) is 13.5 Å². The Morgan fingerprint density at radius 1 is 1.29 bits per heavy atom. The van der Waals surface area contributed by atoms with Crippen molar-refractivity contribution in [2.75, 3.05) is 24.7 Å². The Hall–Kier alpha value is -3.36. The van der Waals surface area contributed by atoms with Crippen LogP contribution in [0.4, 0.5) is 16.2 Å². The molecule has 1 aromatic carbocycles. The second-order valence-electron chi connectivity index (χ2n) is 9.99. The van der Waals surface area contributed by atoms with E-state index in [4.69, 9.17) is 24.3 Å². The number of nitrogen functional groups attached to an aromatic ring is 1. The van der Waals surface area contributed by atoms with Crippen LogP contribution in [-0.2, 0) is 23.4 Å². The summed E-state index contributed by atoms with van der Waals surface area (Å²) in [6.07, 6.45) is -3.09. The van der Waals surface area contributed by atoms with Crippen molar-refractivity contribution in [3.63, 3.8) is 0 Å². The number of hydrogen-bond acceptors (Lipinski definition) is 12. The molecule has 3 aromatic rings. The first-order valence-electron chi connectivity index (χ1n) is 13.0. The van der Waals surface area contributed by atoms with Crippen molar-refractivity contribution in [3.8, 4) is 5.75 Å². The Morgan fingerprint density at radius 2 is 2.00 bits per heavy atom. The van der Waals surface area contributed by atoms with Crippen molar-refractivity contribution < 1.29 is 37.4 Å². The molecule has 0 unspecified atom stereocenters. The molecule has 16 heteroatoms. The van der Waals surface area contributed by atoms with E-state index in [0.717, 1.165) is 0 Å². The summed E-state index contributed by atoms with van der Waals surface area (Å²) in [4.78, 5) is 24.8. The normalized spacial score (nSPS) is 24.7. The molecule has 0 saturated carbocycles. The predicted molar refractivity (Wildman–Crippen MR) is 148 cm³/mol. The monoisotopic (exact) mass is 595 g/mol. The summed E-state index contributed by atoms with van der Waals surface area (Å²) in [6, 6.07) is 7.22. The minimum absolute atomic E-state index is 0.0548. The maximum atomic E-state index is 15.9. The van der Waals surface area contributed by atoms with E-state index in [1.165, 1.54) is 24.7 Å². The molecule has 1 aliphatic heterocycles. The number of rotatable bonds is 12. The number of nitrogens with two attached hydrogens (primary N) is 1. The second-order valence-corrected chi connectivity index (χ2v) is 11.7. The van der Waals surface area contributed by atoms with Crippen molar-refractivity contribution in [2.45, 2.75) is 70.4 Å². The van der Waals surface area contributed by atoms with Crippen LogP contribution in [0, 0.1) is 0 Å². The van der Waals surface area contributed by atoms with E-state index >= 15 is 4.39 Å². The highest BCUT2D eigenvalue weighted by molar-refractivity contribution is 7.52. The number of aromatic nitrogens is 4. The van der Waals surface area contributed by atoms with Gasteiger partial charge in [0.25, 0.3) is 0 Å². The first kappa shape index (κ1) is 30.6. The average molecular weight is 596 g/mol. The third-order valence-electron chi connectivity index (χ3n) is 6.33. The Balaban J connectivity index is 1.49. The molecular weight excluding hydrogens is 560 g/mol. The number of aliphatic hydroxyl groups excluding tert-OH is 1. The van der Waals surface area contributed by atoms with E-state index in [1.54, 1.807) is 51.2 Å². The largest absolute Gasteiger partial charge is 0.462 e. The molecule has 14 nitrogen and oxygen atoms in total. The molecule has 5 N–H and O–H groups in total. The number of alkyl halides is 1. The summed E-state index contributed by atoms with van der Waals surface area (Å²) >= 11 is 0. The van der Waals surface area contributed by atoms with Gasteiger partial charge in [-0.15, -0.1) is 0 Å². The number of carbonyl (C=O) groups excluding carboxylic acids is 1. The number of esters is 1. The molecule has 0 spiro atoms. The molecule has 1 aliphatic rings. The minimum Gasteiger partial charge on any atom is -0.462 e. The lowest BCUT2D eigenvalue weighted by atomic mass is 9.97. The molecule has 224 valence electrons. The van der Waals surface area contributed by atoms with Crippen LogP contribution in [0.2, 0.25) is 0 Å². The smallest absolute Gasteiger partial charge is 0.459 e. The number of ether oxygens (including phenoxy) is 2. The molecule has 0 radical (unpaired) electrons. The summed E-state index contributed by atoms with van der Waals surface area (Å²) < 4.78 is 53.2. The number of hydrogen-bond donors (Lipinski definition) is 4. The number of anilines is 2. The van der Waals surface area contributed by atoms with Crippen LogP contribution < -0.4 is 20.7 Å². The summed E-state index contributed by atoms with van der Waals surface area (Å²) in [5, 5.41) is 16.3. The van der Waals surface area contributed by atoms with Crippen molar-refractivity contribution in [1.82, 2.24) is 24.6 Å². The second kappa shape index (κ2) is 12.2. The van der Waals surface area contributed by atoms with Gasteiger partial charge in [0.15, 0.2) is 28.9 Å². The van der Waals surface area contributed by atoms with E-state index < -0.39 is 43.9 Å². The predicted octanol–water partition coefficient (Wildman–Crippen LogP) is 2.96. The number of imidazole rings is 1. The van der Waals surface area contributed by atoms with Crippen LogP contribution in [0.5, 0.6) is 5.75 Å². The van der Waals surface area contributed by atoms with Gasteiger partial charge < -0.3 is 30.2 Å². The van der Waals surface area contributed by atoms with Crippen molar-refractivity contribution in [1.29, 1.82) is 0 Å². The number of halogens is 1. The summed E-state index contributed by atoms with van der Waals surface area (Å²) in [5.74, 6) is -0.121. The van der Waals surface area contributed by atoms with Gasteiger partial charge in [0.2, 0.25) is 5.95 Å². The van der Waals surface area contributed by atoms with Gasteiger partial charge in [-0.1, -0.05) is 18.2 Å². The number of aliphatic hydroxyl groups is 1. The van der Waals surface area contributed by atoms with Gasteiger partial charge >= 0.3 is 13.7 Å². The summed E-state index contributed by atoms with van der Waals surface area (Å²) in [5.41, 5.74) is 4.10.